The van der Waals surface area contributed by atoms with Crippen molar-refractivity contribution in [3.05, 3.63) is 43.8 Å². The van der Waals surface area contributed by atoms with Crippen molar-refractivity contribution in [1.29, 1.82) is 0 Å². The van der Waals surface area contributed by atoms with Crippen LogP contribution in [0.1, 0.15) is 27.0 Å². The van der Waals surface area contributed by atoms with Crippen LogP contribution < -0.4 is 5.32 Å². The van der Waals surface area contributed by atoms with E-state index in [0.717, 1.165) is 0 Å². The monoisotopic (exact) mass is 292 g/mol. The van der Waals surface area contributed by atoms with Gasteiger partial charge < -0.3 is 4.90 Å². The summed E-state index contributed by atoms with van der Waals surface area (Å²) < 4.78 is 0. The van der Waals surface area contributed by atoms with Crippen molar-refractivity contribution in [1.82, 2.24) is 10.2 Å². The van der Waals surface area contributed by atoms with Crippen LogP contribution >= 0.6 is 22.7 Å². The first-order valence-corrected chi connectivity index (χ1v) is 8.02. The van der Waals surface area contributed by atoms with Gasteiger partial charge in [-0.15, -0.1) is 11.3 Å². The summed E-state index contributed by atoms with van der Waals surface area (Å²) in [6.07, 6.45) is 0.0329. The molecule has 1 aliphatic rings. The van der Waals surface area contributed by atoms with E-state index in [1.165, 1.54) is 20.9 Å². The van der Waals surface area contributed by atoms with Crippen LogP contribution in [0.15, 0.2) is 22.9 Å². The zero-order chi connectivity index (χ0) is 13.4. The smallest absolute Gasteiger partial charge is 0.238 e. The van der Waals surface area contributed by atoms with E-state index < -0.39 is 0 Å². The number of rotatable bonds is 3. The number of hydrogen-bond acceptors (Lipinski definition) is 4. The van der Waals surface area contributed by atoms with Crippen LogP contribution in [-0.4, -0.2) is 17.4 Å². The summed E-state index contributed by atoms with van der Waals surface area (Å²) >= 11 is 3.45. The summed E-state index contributed by atoms with van der Waals surface area (Å²) in [6, 6.07) is 4.22. The van der Waals surface area contributed by atoms with Crippen molar-refractivity contribution in [3.63, 3.8) is 0 Å². The van der Waals surface area contributed by atoms with E-state index in [1.54, 1.807) is 22.7 Å². The van der Waals surface area contributed by atoms with Crippen LogP contribution in [0.3, 0.4) is 0 Å². The molecule has 1 N–H and O–H groups in total. The number of nitrogens with zero attached hydrogens (tertiary/aromatic N) is 1. The second-order valence-electron chi connectivity index (χ2n) is 4.83. The van der Waals surface area contributed by atoms with Gasteiger partial charge in [0, 0.05) is 16.3 Å². The lowest BCUT2D eigenvalue weighted by molar-refractivity contribution is -0.128. The summed E-state index contributed by atoms with van der Waals surface area (Å²) in [7, 11) is 0. The average Bonchev–Trinajstić information content (AvgIpc) is 3.05. The first-order chi connectivity index (χ1) is 9.15. The molecule has 1 amide bonds. The second kappa shape index (κ2) is 5.07. The molecule has 2 aromatic rings. The van der Waals surface area contributed by atoms with E-state index in [-0.39, 0.29) is 12.1 Å². The van der Waals surface area contributed by atoms with E-state index in [9.17, 15) is 4.79 Å². The molecule has 0 spiro atoms. The van der Waals surface area contributed by atoms with Gasteiger partial charge in [0.25, 0.3) is 0 Å². The van der Waals surface area contributed by atoms with Gasteiger partial charge in [-0.25, -0.2) is 0 Å². The Balaban J connectivity index is 1.85. The number of thiophene rings is 2. The number of hydrogen-bond donors (Lipinski definition) is 1. The van der Waals surface area contributed by atoms with Crippen LogP contribution in [0.5, 0.6) is 0 Å². The van der Waals surface area contributed by atoms with Crippen molar-refractivity contribution in [3.8, 4) is 0 Å². The third-order valence-corrected chi connectivity index (χ3v) is 5.37. The molecule has 5 heteroatoms. The lowest BCUT2D eigenvalue weighted by atomic mass is 10.2. The number of aryl methyl sites for hydroxylation is 2. The number of carbonyl (C=O) groups excluding carboxylic acids is 1. The first-order valence-electron chi connectivity index (χ1n) is 6.26. The molecule has 1 atom stereocenters. The van der Waals surface area contributed by atoms with Gasteiger partial charge >= 0.3 is 0 Å². The van der Waals surface area contributed by atoms with Gasteiger partial charge in [-0.3, -0.25) is 10.1 Å². The molecule has 3 nitrogen and oxygen atoms in total. The van der Waals surface area contributed by atoms with Crippen molar-refractivity contribution in [2.75, 3.05) is 6.54 Å². The van der Waals surface area contributed by atoms with Crippen molar-refractivity contribution in [2.24, 2.45) is 0 Å². The Kier molecular flexibility index (Phi) is 3.43. The topological polar surface area (TPSA) is 32.3 Å². The fourth-order valence-corrected chi connectivity index (χ4v) is 4.12. The Hall–Kier alpha value is -1.17. The minimum Gasteiger partial charge on any atom is -0.317 e. The summed E-state index contributed by atoms with van der Waals surface area (Å²) in [6.45, 7) is 5.33. The van der Waals surface area contributed by atoms with E-state index in [4.69, 9.17) is 0 Å². The lowest BCUT2D eigenvalue weighted by Crippen LogP contribution is -2.29. The summed E-state index contributed by atoms with van der Waals surface area (Å²) in [5, 5.41) is 7.58. The number of amides is 1. The molecule has 1 fully saturated rings. The highest BCUT2D eigenvalue weighted by Crippen LogP contribution is 2.30. The summed E-state index contributed by atoms with van der Waals surface area (Å²) in [4.78, 5) is 16.5. The van der Waals surface area contributed by atoms with Crippen molar-refractivity contribution < 1.29 is 4.79 Å². The Morgan fingerprint density at radius 2 is 2.21 bits per heavy atom. The average molecular weight is 292 g/mol. The fraction of sp³-hybridized carbons (Fsp3) is 0.357. The maximum Gasteiger partial charge on any atom is 0.238 e. The largest absolute Gasteiger partial charge is 0.317 e. The van der Waals surface area contributed by atoms with Gasteiger partial charge in [0.15, 0.2) is 0 Å². The molecule has 0 aliphatic carbocycles. The van der Waals surface area contributed by atoms with Gasteiger partial charge in [0.05, 0.1) is 6.54 Å². The molecule has 3 rings (SSSR count). The Bertz CT molecular complexity index is 602. The van der Waals surface area contributed by atoms with Gasteiger partial charge in [0.2, 0.25) is 5.91 Å². The van der Waals surface area contributed by atoms with Gasteiger partial charge in [-0.1, -0.05) is 0 Å². The van der Waals surface area contributed by atoms with Crippen LogP contribution in [0, 0.1) is 13.8 Å². The predicted molar refractivity (Wildman–Crippen MR) is 79.4 cm³/mol. The molecule has 0 saturated carbocycles. The molecular formula is C14H16N2OS2. The molecular weight excluding hydrogens is 276 g/mol. The molecule has 2 aromatic heterocycles. The van der Waals surface area contributed by atoms with E-state index in [0.29, 0.717) is 13.1 Å². The van der Waals surface area contributed by atoms with Crippen LogP contribution in [0.2, 0.25) is 0 Å². The fourth-order valence-electron chi connectivity index (χ4n) is 2.31. The molecule has 0 bridgehead atoms. The second-order valence-corrected chi connectivity index (χ2v) is 6.90. The summed E-state index contributed by atoms with van der Waals surface area (Å²) in [5.41, 5.74) is 2.52. The summed E-state index contributed by atoms with van der Waals surface area (Å²) in [5.74, 6) is 0.182. The molecule has 0 aromatic carbocycles. The quantitative estimate of drug-likeness (QED) is 0.943. The van der Waals surface area contributed by atoms with Gasteiger partial charge in [-0.05, 0) is 47.9 Å². The highest BCUT2D eigenvalue weighted by atomic mass is 32.1. The van der Waals surface area contributed by atoms with Gasteiger partial charge in [0.1, 0.15) is 6.17 Å². The van der Waals surface area contributed by atoms with E-state index >= 15 is 0 Å². The molecule has 1 unspecified atom stereocenters. The maximum absolute atomic E-state index is 12.1. The predicted octanol–water partition coefficient (Wildman–Crippen LogP) is 3.06. The SMILES string of the molecule is Cc1ccc(C2NCC(=O)N2Cc2cscc2C)s1. The normalized spacial score (nSPS) is 19.4. The molecule has 3 heterocycles. The van der Waals surface area contributed by atoms with E-state index in [2.05, 4.69) is 42.1 Å². The minimum absolute atomic E-state index is 0.0329. The third kappa shape index (κ3) is 2.45. The first kappa shape index (κ1) is 12.8. The number of carbonyl (C=O) groups is 1. The molecule has 0 radical (unpaired) electrons. The van der Waals surface area contributed by atoms with Crippen molar-refractivity contribution in [2.45, 2.75) is 26.6 Å². The molecule has 19 heavy (non-hydrogen) atoms. The zero-order valence-corrected chi connectivity index (χ0v) is 12.6. The Labute approximate surface area is 120 Å². The van der Waals surface area contributed by atoms with Crippen LogP contribution in [0.25, 0.3) is 0 Å². The minimum atomic E-state index is 0.0329. The van der Waals surface area contributed by atoms with E-state index in [1.807, 2.05) is 4.90 Å². The Morgan fingerprint density at radius 1 is 1.37 bits per heavy atom. The van der Waals surface area contributed by atoms with Crippen LogP contribution in [-0.2, 0) is 11.3 Å². The maximum atomic E-state index is 12.1. The molecule has 1 aliphatic heterocycles. The van der Waals surface area contributed by atoms with Crippen molar-refractivity contribution >= 4 is 28.6 Å². The lowest BCUT2D eigenvalue weighted by Gasteiger charge is -2.23. The number of nitrogens with one attached hydrogen (secondary N) is 1. The highest BCUT2D eigenvalue weighted by Gasteiger charge is 2.32. The molecule has 1 saturated heterocycles. The van der Waals surface area contributed by atoms with Gasteiger partial charge in [-0.2, -0.15) is 11.3 Å². The third-order valence-electron chi connectivity index (χ3n) is 3.41. The standard InChI is InChI=1S/C14H16N2OS2/c1-9-7-18-8-11(9)6-16-13(17)5-15-14(16)12-4-3-10(2)19-12/h3-4,7-8,14-15H,5-6H2,1-2H3. The highest BCUT2D eigenvalue weighted by molar-refractivity contribution is 7.12. The molecule has 100 valence electrons. The Morgan fingerprint density at radius 3 is 2.84 bits per heavy atom. The van der Waals surface area contributed by atoms with Crippen LogP contribution in [0.4, 0.5) is 0 Å². The zero-order valence-electron chi connectivity index (χ0n) is 11.0.